The van der Waals surface area contributed by atoms with Crippen molar-refractivity contribution in [3.8, 4) is 11.5 Å². The number of rotatable bonds is 11. The average molecular weight is 521 g/mol. The SMILES string of the molecule is COc1ccc(S(=O)(=O)N(CC(=O)NCCSC2CCCCC2)c2cc(C)cc(C)c2)cc1OC. The molecule has 1 aliphatic carbocycles. The topological polar surface area (TPSA) is 84.9 Å². The van der Waals surface area contributed by atoms with E-state index in [4.69, 9.17) is 9.47 Å². The minimum atomic E-state index is -4.06. The zero-order chi connectivity index (χ0) is 25.4. The third-order valence-electron chi connectivity index (χ3n) is 6.05. The number of benzene rings is 2. The van der Waals surface area contributed by atoms with Crippen LogP contribution in [0.25, 0.3) is 0 Å². The summed E-state index contributed by atoms with van der Waals surface area (Å²) >= 11 is 1.90. The van der Waals surface area contributed by atoms with Crippen LogP contribution >= 0.6 is 11.8 Å². The summed E-state index contributed by atoms with van der Waals surface area (Å²) in [5.74, 6) is 1.22. The van der Waals surface area contributed by atoms with Crippen molar-refractivity contribution in [3.05, 3.63) is 47.5 Å². The number of carbonyl (C=O) groups is 1. The summed E-state index contributed by atoms with van der Waals surface area (Å²) in [6.45, 7) is 4.01. The van der Waals surface area contributed by atoms with Crippen molar-refractivity contribution in [2.75, 3.05) is 37.4 Å². The molecule has 7 nitrogen and oxygen atoms in total. The van der Waals surface area contributed by atoms with Crippen LogP contribution in [0.4, 0.5) is 5.69 Å². The number of methoxy groups -OCH3 is 2. The van der Waals surface area contributed by atoms with E-state index in [1.807, 2.05) is 31.7 Å². The maximum Gasteiger partial charge on any atom is 0.264 e. The third-order valence-corrected chi connectivity index (χ3v) is 9.21. The van der Waals surface area contributed by atoms with Gasteiger partial charge in [0.25, 0.3) is 10.0 Å². The van der Waals surface area contributed by atoms with E-state index in [-0.39, 0.29) is 17.3 Å². The van der Waals surface area contributed by atoms with Gasteiger partial charge < -0.3 is 14.8 Å². The summed E-state index contributed by atoms with van der Waals surface area (Å²) in [5.41, 5.74) is 2.28. The van der Waals surface area contributed by atoms with Crippen LogP contribution in [0, 0.1) is 13.8 Å². The summed E-state index contributed by atoms with van der Waals surface area (Å²) in [5, 5.41) is 3.57. The van der Waals surface area contributed by atoms with Gasteiger partial charge in [-0.1, -0.05) is 25.3 Å². The Hall–Kier alpha value is -2.39. The van der Waals surface area contributed by atoms with Gasteiger partial charge in [-0.05, 0) is 62.1 Å². The largest absolute Gasteiger partial charge is 0.493 e. The number of amides is 1. The minimum absolute atomic E-state index is 0.0231. The molecule has 1 amide bonds. The molecule has 9 heteroatoms. The second-order valence-electron chi connectivity index (χ2n) is 8.86. The number of aryl methyl sites for hydroxylation is 2. The Kier molecular flexibility index (Phi) is 9.74. The van der Waals surface area contributed by atoms with Crippen LogP contribution in [-0.2, 0) is 14.8 Å². The molecule has 0 aliphatic heterocycles. The van der Waals surface area contributed by atoms with E-state index in [0.717, 1.165) is 21.2 Å². The molecule has 0 saturated heterocycles. The lowest BCUT2D eigenvalue weighted by Crippen LogP contribution is -2.41. The number of sulfonamides is 1. The lowest BCUT2D eigenvalue weighted by molar-refractivity contribution is -0.119. The molecule has 0 radical (unpaired) electrons. The molecule has 0 heterocycles. The van der Waals surface area contributed by atoms with Gasteiger partial charge >= 0.3 is 0 Å². The highest BCUT2D eigenvalue weighted by Gasteiger charge is 2.28. The predicted octanol–water partition coefficient (Wildman–Crippen LogP) is 4.70. The fraction of sp³-hybridized carbons (Fsp3) is 0.500. The van der Waals surface area contributed by atoms with E-state index in [0.29, 0.717) is 29.0 Å². The second-order valence-corrected chi connectivity index (χ2v) is 12.1. The Labute approximate surface area is 213 Å². The fourth-order valence-electron chi connectivity index (χ4n) is 4.35. The van der Waals surface area contributed by atoms with Crippen molar-refractivity contribution in [3.63, 3.8) is 0 Å². The van der Waals surface area contributed by atoms with Crippen LogP contribution in [-0.4, -0.2) is 52.6 Å². The molecule has 0 spiro atoms. The Morgan fingerprint density at radius 2 is 1.66 bits per heavy atom. The number of ether oxygens (including phenoxy) is 2. The number of anilines is 1. The van der Waals surface area contributed by atoms with Gasteiger partial charge in [-0.2, -0.15) is 11.8 Å². The standard InChI is InChI=1S/C26H36N2O5S2/c1-19-14-20(2)16-21(15-19)28(18-26(29)27-12-13-34-22-8-6-5-7-9-22)35(30,31)23-10-11-24(32-3)25(17-23)33-4/h10-11,14-17,22H,5-9,12-13,18H2,1-4H3,(H,27,29). The van der Waals surface area contributed by atoms with Crippen LogP contribution in [0.5, 0.6) is 11.5 Å². The van der Waals surface area contributed by atoms with Crippen molar-refractivity contribution in [1.82, 2.24) is 5.32 Å². The molecule has 0 bridgehead atoms. The number of nitrogens with one attached hydrogen (secondary N) is 1. The van der Waals surface area contributed by atoms with Crippen LogP contribution in [0.2, 0.25) is 0 Å². The van der Waals surface area contributed by atoms with Gasteiger partial charge in [-0.3, -0.25) is 9.10 Å². The highest BCUT2D eigenvalue weighted by atomic mass is 32.2. The van der Waals surface area contributed by atoms with Gasteiger partial charge in [0.1, 0.15) is 6.54 Å². The Bertz CT molecular complexity index is 1090. The Balaban J connectivity index is 1.79. The molecule has 192 valence electrons. The zero-order valence-electron chi connectivity index (χ0n) is 21.0. The highest BCUT2D eigenvalue weighted by molar-refractivity contribution is 7.99. The molecular formula is C26H36N2O5S2. The molecule has 35 heavy (non-hydrogen) atoms. The minimum Gasteiger partial charge on any atom is -0.493 e. The monoisotopic (exact) mass is 520 g/mol. The van der Waals surface area contributed by atoms with Crippen molar-refractivity contribution in [2.24, 2.45) is 0 Å². The fourth-order valence-corrected chi connectivity index (χ4v) is 6.99. The Morgan fingerprint density at radius 1 is 1.00 bits per heavy atom. The summed E-state index contributed by atoms with van der Waals surface area (Å²) in [4.78, 5) is 12.9. The van der Waals surface area contributed by atoms with E-state index in [1.165, 1.54) is 58.5 Å². The van der Waals surface area contributed by atoms with Gasteiger partial charge in [-0.15, -0.1) is 0 Å². The summed E-state index contributed by atoms with van der Waals surface area (Å²) in [6.07, 6.45) is 6.35. The highest BCUT2D eigenvalue weighted by Crippen LogP contribution is 2.33. The lowest BCUT2D eigenvalue weighted by atomic mass is 10.0. The first kappa shape index (κ1) is 27.2. The van der Waals surface area contributed by atoms with E-state index < -0.39 is 10.0 Å². The number of carbonyl (C=O) groups excluding carboxylic acids is 1. The number of nitrogens with zero attached hydrogens (tertiary/aromatic N) is 1. The van der Waals surface area contributed by atoms with E-state index in [2.05, 4.69) is 5.32 Å². The van der Waals surface area contributed by atoms with E-state index in [1.54, 1.807) is 18.2 Å². The van der Waals surface area contributed by atoms with Crippen molar-refractivity contribution in [2.45, 2.75) is 56.1 Å². The van der Waals surface area contributed by atoms with Gasteiger partial charge in [0.05, 0.1) is 24.8 Å². The first-order chi connectivity index (χ1) is 16.7. The summed E-state index contributed by atoms with van der Waals surface area (Å²) < 4.78 is 39.2. The first-order valence-corrected chi connectivity index (χ1v) is 14.4. The molecule has 2 aromatic rings. The zero-order valence-corrected chi connectivity index (χ0v) is 22.6. The maximum atomic E-state index is 13.7. The number of hydrogen-bond acceptors (Lipinski definition) is 6. The van der Waals surface area contributed by atoms with E-state index in [9.17, 15) is 13.2 Å². The summed E-state index contributed by atoms with van der Waals surface area (Å²) in [6, 6.07) is 9.95. The molecule has 0 aromatic heterocycles. The third kappa shape index (κ3) is 7.30. The van der Waals surface area contributed by atoms with Crippen LogP contribution in [0.1, 0.15) is 43.2 Å². The predicted molar refractivity (Wildman–Crippen MR) is 142 cm³/mol. The molecule has 1 fully saturated rings. The van der Waals surface area contributed by atoms with Gasteiger partial charge in [0, 0.05) is 23.6 Å². The van der Waals surface area contributed by atoms with Crippen molar-refractivity contribution >= 4 is 33.4 Å². The molecule has 1 saturated carbocycles. The van der Waals surface area contributed by atoms with Gasteiger partial charge in [0.15, 0.2) is 11.5 Å². The van der Waals surface area contributed by atoms with Crippen LogP contribution < -0.4 is 19.1 Å². The molecule has 0 atom stereocenters. The molecule has 2 aromatic carbocycles. The lowest BCUT2D eigenvalue weighted by Gasteiger charge is -2.25. The van der Waals surface area contributed by atoms with E-state index >= 15 is 0 Å². The maximum absolute atomic E-state index is 13.7. The van der Waals surface area contributed by atoms with Crippen LogP contribution in [0.3, 0.4) is 0 Å². The molecule has 1 aliphatic rings. The molecule has 3 rings (SSSR count). The average Bonchev–Trinajstić information content (AvgIpc) is 2.84. The summed E-state index contributed by atoms with van der Waals surface area (Å²) in [7, 11) is -1.11. The molecule has 0 unspecified atom stereocenters. The molecule has 1 N–H and O–H groups in total. The number of thioether (sulfide) groups is 1. The Morgan fingerprint density at radius 3 is 2.29 bits per heavy atom. The van der Waals surface area contributed by atoms with Crippen molar-refractivity contribution < 1.29 is 22.7 Å². The van der Waals surface area contributed by atoms with Crippen molar-refractivity contribution in [1.29, 1.82) is 0 Å². The number of hydrogen-bond donors (Lipinski definition) is 1. The quantitative estimate of drug-likeness (QED) is 0.433. The van der Waals surface area contributed by atoms with Gasteiger partial charge in [0.2, 0.25) is 5.91 Å². The molecular weight excluding hydrogens is 484 g/mol. The normalized spacial score (nSPS) is 14.4. The smallest absolute Gasteiger partial charge is 0.264 e. The first-order valence-electron chi connectivity index (χ1n) is 12.0. The van der Waals surface area contributed by atoms with Crippen LogP contribution in [0.15, 0.2) is 41.3 Å². The second kappa shape index (κ2) is 12.5. The van der Waals surface area contributed by atoms with Gasteiger partial charge in [-0.25, -0.2) is 8.42 Å².